The maximum absolute atomic E-state index is 14.1. The minimum atomic E-state index is -0.162. The van der Waals surface area contributed by atoms with E-state index in [0.29, 0.717) is 18.4 Å². The molecule has 1 saturated carbocycles. The lowest BCUT2D eigenvalue weighted by Gasteiger charge is -2.42. The molecular weight excluding hydrogens is 448 g/mol. The highest BCUT2D eigenvalue weighted by Crippen LogP contribution is 2.51. The fourth-order valence-corrected chi connectivity index (χ4v) is 6.47. The van der Waals surface area contributed by atoms with Gasteiger partial charge in [0.15, 0.2) is 0 Å². The van der Waals surface area contributed by atoms with Crippen molar-refractivity contribution in [2.24, 2.45) is 17.8 Å². The van der Waals surface area contributed by atoms with Crippen molar-refractivity contribution in [2.45, 2.75) is 70.5 Å². The molecule has 2 fully saturated rings. The van der Waals surface area contributed by atoms with Crippen molar-refractivity contribution in [1.82, 2.24) is 15.5 Å². The van der Waals surface area contributed by atoms with E-state index in [2.05, 4.69) is 89.3 Å². The lowest BCUT2D eigenvalue weighted by Crippen LogP contribution is -2.52. The van der Waals surface area contributed by atoms with Gasteiger partial charge in [0, 0.05) is 30.7 Å². The molecular formula is C30H40N4O2. The van der Waals surface area contributed by atoms with Gasteiger partial charge in [0.1, 0.15) is 0 Å². The van der Waals surface area contributed by atoms with Gasteiger partial charge in [0.25, 0.3) is 0 Å². The summed E-state index contributed by atoms with van der Waals surface area (Å²) in [5, 5.41) is 9.94. The van der Waals surface area contributed by atoms with Gasteiger partial charge < -0.3 is 20.9 Å². The molecule has 0 spiro atoms. The Bertz CT molecular complexity index is 1060. The molecule has 5 atom stereocenters. The monoisotopic (exact) mass is 488 g/mol. The summed E-state index contributed by atoms with van der Waals surface area (Å²) in [6, 6.07) is 19.0. The number of likely N-dealkylation sites (tertiary alicyclic amines) is 1. The molecule has 1 saturated heterocycles. The Morgan fingerprint density at radius 1 is 1.00 bits per heavy atom. The summed E-state index contributed by atoms with van der Waals surface area (Å²) < 4.78 is 0. The van der Waals surface area contributed by atoms with Crippen LogP contribution in [0.3, 0.4) is 0 Å². The number of nitrogens with zero attached hydrogens (tertiary/aromatic N) is 1. The highest BCUT2D eigenvalue weighted by atomic mass is 16.2. The Morgan fingerprint density at radius 2 is 1.75 bits per heavy atom. The molecule has 2 aromatic carbocycles. The van der Waals surface area contributed by atoms with Crippen molar-refractivity contribution in [1.29, 1.82) is 0 Å². The first-order chi connectivity index (χ1) is 17.5. The molecule has 5 rings (SSSR count). The summed E-state index contributed by atoms with van der Waals surface area (Å²) in [7, 11) is 0. The molecule has 0 radical (unpaired) electrons. The third kappa shape index (κ3) is 5.09. The van der Waals surface area contributed by atoms with Crippen LogP contribution in [0.1, 0.15) is 75.6 Å². The van der Waals surface area contributed by atoms with Crippen LogP contribution in [-0.4, -0.2) is 36.0 Å². The minimum absolute atomic E-state index is 0.0580. The van der Waals surface area contributed by atoms with Crippen LogP contribution in [0.25, 0.3) is 0 Å². The summed E-state index contributed by atoms with van der Waals surface area (Å²) in [6.07, 6.45) is 5.71. The molecule has 2 aromatic rings. The second-order valence-corrected chi connectivity index (χ2v) is 11.1. The van der Waals surface area contributed by atoms with Crippen LogP contribution >= 0.6 is 0 Å². The number of amides is 3. The third-order valence-electron chi connectivity index (χ3n) is 8.31. The number of rotatable bonds is 6. The molecule has 3 aliphatic rings. The van der Waals surface area contributed by atoms with Crippen LogP contribution in [0.15, 0.2) is 54.6 Å². The molecule has 3 N–H and O–H groups in total. The first kappa shape index (κ1) is 24.7. The van der Waals surface area contributed by atoms with Crippen LogP contribution in [0.2, 0.25) is 0 Å². The Hall–Kier alpha value is -3.02. The summed E-state index contributed by atoms with van der Waals surface area (Å²) in [4.78, 5) is 28.9. The first-order valence-electron chi connectivity index (χ1n) is 13.8. The number of hydrogen-bond donors (Lipinski definition) is 3. The Kier molecular flexibility index (Phi) is 7.49. The number of benzene rings is 2. The van der Waals surface area contributed by atoms with Gasteiger partial charge in [-0.05, 0) is 48.8 Å². The van der Waals surface area contributed by atoms with Crippen LogP contribution in [0.5, 0.6) is 0 Å². The molecule has 192 valence electrons. The Labute approximate surface area is 215 Å². The average molecular weight is 489 g/mol. The normalized spacial score (nSPS) is 27.1. The second-order valence-electron chi connectivity index (χ2n) is 11.1. The van der Waals surface area contributed by atoms with Crippen molar-refractivity contribution >= 4 is 17.6 Å². The lowest BCUT2D eigenvalue weighted by atomic mass is 9.79. The third-order valence-corrected chi connectivity index (χ3v) is 8.31. The Morgan fingerprint density at radius 3 is 2.56 bits per heavy atom. The quantitative estimate of drug-likeness (QED) is 0.492. The zero-order valence-electron chi connectivity index (χ0n) is 21.6. The van der Waals surface area contributed by atoms with E-state index >= 15 is 0 Å². The van der Waals surface area contributed by atoms with Gasteiger partial charge in [0.2, 0.25) is 5.91 Å². The van der Waals surface area contributed by atoms with Crippen molar-refractivity contribution in [3.05, 3.63) is 65.7 Å². The number of urea groups is 1. The van der Waals surface area contributed by atoms with Crippen molar-refractivity contribution in [2.75, 3.05) is 18.4 Å². The predicted molar refractivity (Wildman–Crippen MR) is 144 cm³/mol. The van der Waals surface area contributed by atoms with Crippen LogP contribution in [0.4, 0.5) is 10.5 Å². The van der Waals surface area contributed by atoms with Crippen molar-refractivity contribution in [3.8, 4) is 0 Å². The number of fused-ring (bicyclic) bond motifs is 3. The summed E-state index contributed by atoms with van der Waals surface area (Å²) in [5.74, 6) is 0.911. The maximum Gasteiger partial charge on any atom is 0.315 e. The van der Waals surface area contributed by atoms with E-state index in [1.165, 1.54) is 11.1 Å². The van der Waals surface area contributed by atoms with Gasteiger partial charge in [-0.25, -0.2) is 4.79 Å². The number of anilines is 1. The van der Waals surface area contributed by atoms with E-state index < -0.39 is 0 Å². The topological polar surface area (TPSA) is 73.5 Å². The molecule has 6 nitrogen and oxygen atoms in total. The fourth-order valence-electron chi connectivity index (χ4n) is 6.47. The molecule has 0 bridgehead atoms. The molecule has 6 heteroatoms. The molecule has 0 aromatic heterocycles. The van der Waals surface area contributed by atoms with E-state index in [0.717, 1.165) is 50.8 Å². The number of carbonyl (C=O) groups excluding carboxylic acids is 2. The average Bonchev–Trinajstić information content (AvgIpc) is 3.34. The minimum Gasteiger partial charge on any atom is -0.378 e. The fraction of sp³-hybridized carbons (Fsp3) is 0.533. The van der Waals surface area contributed by atoms with Gasteiger partial charge >= 0.3 is 6.03 Å². The number of hydrogen-bond acceptors (Lipinski definition) is 3. The largest absolute Gasteiger partial charge is 0.378 e. The highest BCUT2D eigenvalue weighted by Gasteiger charge is 2.48. The molecule has 2 heterocycles. The van der Waals surface area contributed by atoms with Gasteiger partial charge in [-0.1, -0.05) is 75.2 Å². The summed E-state index contributed by atoms with van der Waals surface area (Å²) >= 11 is 0. The van der Waals surface area contributed by atoms with E-state index in [9.17, 15) is 9.59 Å². The first-order valence-corrected chi connectivity index (χ1v) is 13.8. The smallest absolute Gasteiger partial charge is 0.315 e. The standard InChI is InChI=1S/C30H40N4O2/c1-20(2)16-18-31-30(36)33-26-15-9-7-13-23(26)29(35)34-19-17-24-27(21-10-4-3-5-11-21)32-25-14-8-6-12-22(25)28(24)34/h3-6,8,10-12,14,20,23-24,26-28,32H,7,9,13,15-19H2,1-2H3,(H2,31,33,36)/t23-,24+,26+,27-,28-/m0/s1. The van der Waals surface area contributed by atoms with E-state index in [-0.39, 0.29) is 36.0 Å². The van der Waals surface area contributed by atoms with Crippen molar-refractivity contribution < 1.29 is 9.59 Å². The molecule has 3 amide bonds. The van der Waals surface area contributed by atoms with E-state index in [1.54, 1.807) is 0 Å². The molecule has 1 aliphatic carbocycles. The Balaban J connectivity index is 1.35. The number of carbonyl (C=O) groups is 2. The molecule has 2 aliphatic heterocycles. The lowest BCUT2D eigenvalue weighted by molar-refractivity contribution is -0.138. The van der Waals surface area contributed by atoms with Crippen molar-refractivity contribution in [3.63, 3.8) is 0 Å². The SMILES string of the molecule is CC(C)CCNC(=O)N[C@@H]1CCCC[C@@H]1C(=O)N1CC[C@@H]2[C@H](c3ccccc3)Nc3ccccc3[C@@H]21. The highest BCUT2D eigenvalue weighted by molar-refractivity contribution is 5.82. The van der Waals surface area contributed by atoms with Crippen LogP contribution in [0, 0.1) is 17.8 Å². The van der Waals surface area contributed by atoms with Gasteiger partial charge in [-0.3, -0.25) is 4.79 Å². The van der Waals surface area contributed by atoms with Gasteiger partial charge in [-0.15, -0.1) is 0 Å². The van der Waals surface area contributed by atoms with Crippen LogP contribution in [-0.2, 0) is 4.79 Å². The maximum atomic E-state index is 14.1. The number of nitrogens with one attached hydrogen (secondary N) is 3. The molecule has 0 unspecified atom stereocenters. The summed E-state index contributed by atoms with van der Waals surface area (Å²) in [5.41, 5.74) is 3.61. The summed E-state index contributed by atoms with van der Waals surface area (Å²) in [6.45, 7) is 5.73. The number of para-hydroxylation sites is 1. The zero-order valence-corrected chi connectivity index (χ0v) is 21.6. The van der Waals surface area contributed by atoms with Gasteiger partial charge in [-0.2, -0.15) is 0 Å². The molecule has 36 heavy (non-hydrogen) atoms. The zero-order chi connectivity index (χ0) is 25.1. The van der Waals surface area contributed by atoms with E-state index in [1.807, 2.05) is 0 Å². The predicted octanol–water partition coefficient (Wildman–Crippen LogP) is 5.65. The van der Waals surface area contributed by atoms with E-state index in [4.69, 9.17) is 0 Å². The van der Waals surface area contributed by atoms with Crippen LogP contribution < -0.4 is 16.0 Å². The second kappa shape index (κ2) is 10.9. The van der Waals surface area contributed by atoms with Gasteiger partial charge in [0.05, 0.1) is 18.0 Å².